The Morgan fingerprint density at radius 3 is 2.37 bits per heavy atom. The maximum atomic E-state index is 5.25. The van der Waals surface area contributed by atoms with E-state index >= 15 is 0 Å². The van der Waals surface area contributed by atoms with Gasteiger partial charge in [0.15, 0.2) is 0 Å². The normalized spacial score (nSPS) is 10.6. The molecule has 0 amide bonds. The minimum absolute atomic E-state index is 0.890. The van der Waals surface area contributed by atoms with E-state index in [1.54, 1.807) is 7.11 Å². The fraction of sp³-hybridized carbons (Fsp3) is 0.0588. The zero-order valence-electron chi connectivity index (χ0n) is 10.6. The first-order valence-electron chi connectivity index (χ1n) is 6.10. The van der Waals surface area contributed by atoms with E-state index in [4.69, 9.17) is 4.74 Å². The smallest absolute Gasteiger partial charge is 0.119 e. The molecule has 0 aromatic heterocycles. The fourth-order valence-corrected chi connectivity index (χ4v) is 2.73. The highest BCUT2D eigenvalue weighted by molar-refractivity contribution is 9.10. The molecule has 0 atom stereocenters. The van der Waals surface area contributed by atoms with Gasteiger partial charge in [-0.2, -0.15) is 0 Å². The molecule has 0 fully saturated rings. The van der Waals surface area contributed by atoms with Crippen molar-refractivity contribution in [2.45, 2.75) is 0 Å². The van der Waals surface area contributed by atoms with Gasteiger partial charge in [-0.15, -0.1) is 0 Å². The molecule has 0 bridgehead atoms. The van der Waals surface area contributed by atoms with Gasteiger partial charge in [0, 0.05) is 4.47 Å². The van der Waals surface area contributed by atoms with Crippen molar-refractivity contribution in [3.05, 3.63) is 65.1 Å². The predicted octanol–water partition coefficient (Wildman–Crippen LogP) is 5.28. The van der Waals surface area contributed by atoms with Gasteiger partial charge in [-0.3, -0.25) is 0 Å². The molecule has 0 saturated heterocycles. The maximum Gasteiger partial charge on any atom is 0.119 e. The molecule has 1 nitrogen and oxygen atoms in total. The van der Waals surface area contributed by atoms with Gasteiger partial charge < -0.3 is 4.74 Å². The molecular weight excluding hydrogens is 300 g/mol. The molecule has 0 heterocycles. The molecule has 0 aliphatic heterocycles. The van der Waals surface area contributed by atoms with Gasteiger partial charge in [-0.1, -0.05) is 52.3 Å². The highest BCUT2D eigenvalue weighted by Crippen LogP contribution is 2.31. The fourth-order valence-electron chi connectivity index (χ4n) is 2.21. The number of hydrogen-bond acceptors (Lipinski definition) is 1. The first-order chi connectivity index (χ1) is 9.28. The van der Waals surface area contributed by atoms with Crippen LogP contribution in [0.15, 0.2) is 65.1 Å². The predicted molar refractivity (Wildman–Crippen MR) is 83.6 cm³/mol. The molecule has 0 aliphatic carbocycles. The summed E-state index contributed by atoms with van der Waals surface area (Å²) in [6, 6.07) is 20.9. The summed E-state index contributed by atoms with van der Waals surface area (Å²) in [5.74, 6) is 0.890. The van der Waals surface area contributed by atoms with E-state index < -0.39 is 0 Å². The Morgan fingerprint density at radius 1 is 0.842 bits per heavy atom. The number of rotatable bonds is 2. The molecule has 0 saturated carbocycles. The van der Waals surface area contributed by atoms with Crippen molar-refractivity contribution in [1.82, 2.24) is 0 Å². The van der Waals surface area contributed by atoms with Crippen LogP contribution in [0.25, 0.3) is 21.9 Å². The van der Waals surface area contributed by atoms with Crippen LogP contribution in [0.5, 0.6) is 5.75 Å². The number of fused-ring (bicyclic) bond motifs is 1. The van der Waals surface area contributed by atoms with Crippen LogP contribution in [-0.2, 0) is 0 Å². The van der Waals surface area contributed by atoms with Gasteiger partial charge in [0.05, 0.1) is 7.11 Å². The lowest BCUT2D eigenvalue weighted by molar-refractivity contribution is 0.415. The highest BCUT2D eigenvalue weighted by atomic mass is 79.9. The van der Waals surface area contributed by atoms with E-state index in [1.807, 2.05) is 12.1 Å². The Balaban J connectivity index is 2.15. The van der Waals surface area contributed by atoms with Gasteiger partial charge in [-0.25, -0.2) is 0 Å². The summed E-state index contributed by atoms with van der Waals surface area (Å²) in [7, 11) is 1.69. The van der Waals surface area contributed by atoms with E-state index in [1.165, 1.54) is 21.9 Å². The molecular formula is C17H13BrO. The SMILES string of the molecule is COc1ccc2cc(-c3ccccc3Br)ccc2c1. The van der Waals surface area contributed by atoms with Crippen molar-refractivity contribution in [3.63, 3.8) is 0 Å². The molecule has 0 unspecified atom stereocenters. The molecule has 3 rings (SSSR count). The summed E-state index contributed by atoms with van der Waals surface area (Å²) < 4.78 is 6.36. The lowest BCUT2D eigenvalue weighted by atomic mass is 10.0. The third-order valence-corrected chi connectivity index (χ3v) is 3.92. The van der Waals surface area contributed by atoms with Gasteiger partial charge in [0.1, 0.15) is 5.75 Å². The lowest BCUT2D eigenvalue weighted by Crippen LogP contribution is -1.84. The van der Waals surface area contributed by atoms with E-state index in [0.717, 1.165) is 10.2 Å². The second-order valence-electron chi connectivity index (χ2n) is 4.41. The molecule has 0 radical (unpaired) electrons. The van der Waals surface area contributed by atoms with Gasteiger partial charge in [-0.05, 0) is 46.2 Å². The van der Waals surface area contributed by atoms with Crippen LogP contribution in [0, 0.1) is 0 Å². The van der Waals surface area contributed by atoms with Crippen molar-refractivity contribution in [2.75, 3.05) is 7.11 Å². The Hall–Kier alpha value is -1.80. The van der Waals surface area contributed by atoms with Gasteiger partial charge in [0.25, 0.3) is 0 Å². The van der Waals surface area contributed by atoms with Crippen molar-refractivity contribution in [2.24, 2.45) is 0 Å². The van der Waals surface area contributed by atoms with E-state index in [-0.39, 0.29) is 0 Å². The standard InChI is InChI=1S/C17H13BrO/c1-19-15-9-8-12-10-14(7-6-13(12)11-15)16-4-2-3-5-17(16)18/h2-11H,1H3. The van der Waals surface area contributed by atoms with Crippen LogP contribution >= 0.6 is 15.9 Å². The molecule has 2 heteroatoms. The average molecular weight is 313 g/mol. The van der Waals surface area contributed by atoms with Crippen molar-refractivity contribution >= 4 is 26.7 Å². The minimum Gasteiger partial charge on any atom is -0.497 e. The first kappa shape index (κ1) is 12.2. The first-order valence-corrected chi connectivity index (χ1v) is 6.90. The highest BCUT2D eigenvalue weighted by Gasteiger charge is 2.04. The maximum absolute atomic E-state index is 5.25. The van der Waals surface area contributed by atoms with Gasteiger partial charge in [0.2, 0.25) is 0 Å². The van der Waals surface area contributed by atoms with Crippen molar-refractivity contribution < 1.29 is 4.74 Å². The second-order valence-corrected chi connectivity index (χ2v) is 5.26. The quantitative estimate of drug-likeness (QED) is 0.625. The molecule has 0 spiro atoms. The monoisotopic (exact) mass is 312 g/mol. The topological polar surface area (TPSA) is 9.23 Å². The lowest BCUT2D eigenvalue weighted by Gasteiger charge is -2.07. The number of ether oxygens (including phenoxy) is 1. The van der Waals surface area contributed by atoms with Crippen LogP contribution in [0.3, 0.4) is 0 Å². The molecule has 3 aromatic rings. The molecule has 3 aromatic carbocycles. The van der Waals surface area contributed by atoms with Crippen molar-refractivity contribution in [3.8, 4) is 16.9 Å². The molecule has 0 N–H and O–H groups in total. The number of hydrogen-bond donors (Lipinski definition) is 0. The van der Waals surface area contributed by atoms with Crippen LogP contribution in [0.2, 0.25) is 0 Å². The Bertz CT molecular complexity index is 734. The van der Waals surface area contributed by atoms with Crippen molar-refractivity contribution in [1.29, 1.82) is 0 Å². The van der Waals surface area contributed by atoms with E-state index in [0.29, 0.717) is 0 Å². The summed E-state index contributed by atoms with van der Waals surface area (Å²) in [6.07, 6.45) is 0. The van der Waals surface area contributed by atoms with Crippen LogP contribution in [0.4, 0.5) is 0 Å². The minimum atomic E-state index is 0.890. The summed E-state index contributed by atoms with van der Waals surface area (Å²) in [4.78, 5) is 0. The molecule has 94 valence electrons. The number of halogens is 1. The Morgan fingerprint density at radius 2 is 1.58 bits per heavy atom. The molecule has 0 aliphatic rings. The van der Waals surface area contributed by atoms with Crippen LogP contribution in [-0.4, -0.2) is 7.11 Å². The zero-order valence-corrected chi connectivity index (χ0v) is 12.1. The van der Waals surface area contributed by atoms with Gasteiger partial charge >= 0.3 is 0 Å². The van der Waals surface area contributed by atoms with Crippen LogP contribution < -0.4 is 4.74 Å². The summed E-state index contributed by atoms with van der Waals surface area (Å²) in [5.41, 5.74) is 2.42. The average Bonchev–Trinajstić information content (AvgIpc) is 2.46. The largest absolute Gasteiger partial charge is 0.497 e. The summed E-state index contributed by atoms with van der Waals surface area (Å²) in [5, 5.41) is 2.41. The summed E-state index contributed by atoms with van der Waals surface area (Å²) >= 11 is 3.60. The Labute approximate surface area is 121 Å². The number of benzene rings is 3. The Kier molecular flexibility index (Phi) is 3.26. The van der Waals surface area contributed by atoms with E-state index in [2.05, 4.69) is 64.5 Å². The number of methoxy groups -OCH3 is 1. The summed E-state index contributed by atoms with van der Waals surface area (Å²) in [6.45, 7) is 0. The molecule has 19 heavy (non-hydrogen) atoms. The third-order valence-electron chi connectivity index (χ3n) is 3.23. The second kappa shape index (κ2) is 5.06. The zero-order chi connectivity index (χ0) is 13.2. The van der Waals surface area contributed by atoms with Crippen LogP contribution in [0.1, 0.15) is 0 Å². The third kappa shape index (κ3) is 2.36. The van der Waals surface area contributed by atoms with E-state index in [9.17, 15) is 0 Å².